The van der Waals surface area contributed by atoms with E-state index in [9.17, 15) is 4.79 Å². The fourth-order valence-electron chi connectivity index (χ4n) is 5.85. The number of benzene rings is 1. The molecule has 3 unspecified atom stereocenters. The summed E-state index contributed by atoms with van der Waals surface area (Å²) < 4.78 is 14.1. The molecule has 0 saturated heterocycles. The zero-order chi connectivity index (χ0) is 23.1. The summed E-state index contributed by atoms with van der Waals surface area (Å²) in [6, 6.07) is 14.1. The summed E-state index contributed by atoms with van der Waals surface area (Å²) in [4.78, 5) is 15.5. The molecule has 2 aliphatic carbocycles. The number of rotatable bonds is 6. The summed E-state index contributed by atoms with van der Waals surface area (Å²) in [5.74, 6) is 0.624. The van der Waals surface area contributed by atoms with Crippen molar-refractivity contribution in [2.45, 2.75) is 65.8 Å². The minimum atomic E-state index is -0.313. The Morgan fingerprint density at radius 2 is 1.91 bits per heavy atom. The molecule has 0 N–H and O–H groups in total. The van der Waals surface area contributed by atoms with Crippen LogP contribution in [0.15, 0.2) is 48.7 Å². The van der Waals surface area contributed by atoms with E-state index in [4.69, 9.17) is 9.47 Å². The van der Waals surface area contributed by atoms with Crippen molar-refractivity contribution >= 4 is 11.8 Å². The van der Waals surface area contributed by atoms with Gasteiger partial charge in [0.05, 0.1) is 6.61 Å². The van der Waals surface area contributed by atoms with Crippen molar-refractivity contribution in [2.24, 2.45) is 16.7 Å². The number of carbonyl (C=O) groups excluding carboxylic acids is 1. The highest BCUT2D eigenvalue weighted by Gasteiger charge is 2.62. The standard InChI is InChI=1S/C27H37N2O3/c1-19(31-18-20-10-8-7-9-11-20)23-16-22(28(5)6)13-15-29(23)25(30)32-24-26(2,3)21-12-14-27(24,4)17-21/h7-11,13,15-16,19,21,24H,12,14,17-18H2,1-6H3/q+1/t19-,21?,24?,27?/m0/s1. The summed E-state index contributed by atoms with van der Waals surface area (Å²) in [6.45, 7) is 9.27. The second-order valence-corrected chi connectivity index (χ2v) is 10.7. The first kappa shape index (κ1) is 22.8. The van der Waals surface area contributed by atoms with Gasteiger partial charge in [0.2, 0.25) is 5.69 Å². The predicted octanol–water partition coefficient (Wildman–Crippen LogP) is 5.52. The van der Waals surface area contributed by atoms with Crippen LogP contribution in [0.1, 0.15) is 64.3 Å². The first-order chi connectivity index (χ1) is 15.1. The molecule has 2 aromatic rings. The van der Waals surface area contributed by atoms with Crippen molar-refractivity contribution in [1.82, 2.24) is 0 Å². The quantitative estimate of drug-likeness (QED) is 0.558. The molecule has 5 nitrogen and oxygen atoms in total. The first-order valence-corrected chi connectivity index (χ1v) is 11.7. The first-order valence-electron chi connectivity index (χ1n) is 11.7. The van der Waals surface area contributed by atoms with Gasteiger partial charge in [-0.25, -0.2) is 0 Å². The number of aromatic nitrogens is 1. The van der Waals surface area contributed by atoms with E-state index in [1.54, 1.807) is 4.57 Å². The molecule has 0 aliphatic heterocycles. The van der Waals surface area contributed by atoms with E-state index >= 15 is 0 Å². The number of anilines is 1. The summed E-state index contributed by atoms with van der Waals surface area (Å²) >= 11 is 0. The van der Waals surface area contributed by atoms with Crippen LogP contribution in [0.2, 0.25) is 0 Å². The number of carbonyl (C=O) groups is 1. The van der Waals surface area contributed by atoms with Gasteiger partial charge in [0.25, 0.3) is 0 Å². The number of pyridine rings is 1. The largest absolute Gasteiger partial charge is 0.602 e. The van der Waals surface area contributed by atoms with Gasteiger partial charge in [-0.2, -0.15) is 4.79 Å². The van der Waals surface area contributed by atoms with E-state index in [2.05, 4.69) is 20.8 Å². The molecule has 1 aromatic heterocycles. The third kappa shape index (κ3) is 4.15. The van der Waals surface area contributed by atoms with Crippen molar-refractivity contribution < 1.29 is 18.8 Å². The second-order valence-electron chi connectivity index (χ2n) is 10.7. The van der Waals surface area contributed by atoms with Crippen LogP contribution >= 0.6 is 0 Å². The van der Waals surface area contributed by atoms with Crippen LogP contribution in [-0.2, 0) is 16.1 Å². The molecule has 32 heavy (non-hydrogen) atoms. The lowest BCUT2D eigenvalue weighted by Gasteiger charge is -2.40. The SMILES string of the molecule is C[C@H](OCc1ccccc1)c1cc(N(C)C)cc[n+]1C(=O)OC1C2(C)CCC(C2)C1(C)C. The Hall–Kier alpha value is -2.40. The molecule has 4 atom stereocenters. The summed E-state index contributed by atoms with van der Waals surface area (Å²) in [5, 5.41) is 0. The van der Waals surface area contributed by atoms with Crippen LogP contribution < -0.4 is 9.47 Å². The minimum absolute atomic E-state index is 0.00237. The average Bonchev–Trinajstić information content (AvgIpc) is 3.26. The molecule has 172 valence electrons. The van der Waals surface area contributed by atoms with Crippen LogP contribution in [0.25, 0.3) is 0 Å². The number of nitrogens with zero attached hydrogens (tertiary/aromatic N) is 2. The van der Waals surface area contributed by atoms with Crippen LogP contribution in [-0.4, -0.2) is 26.3 Å². The average molecular weight is 438 g/mol. The molecule has 0 radical (unpaired) electrons. The van der Waals surface area contributed by atoms with Gasteiger partial charge >= 0.3 is 6.09 Å². The zero-order valence-corrected chi connectivity index (χ0v) is 20.3. The summed E-state index contributed by atoms with van der Waals surface area (Å²) in [6.07, 6.45) is 4.67. The third-order valence-electron chi connectivity index (χ3n) is 7.80. The van der Waals surface area contributed by atoms with E-state index in [1.165, 1.54) is 6.42 Å². The topological polar surface area (TPSA) is 42.7 Å². The van der Waals surface area contributed by atoms with Crippen LogP contribution in [0.3, 0.4) is 0 Å². The minimum Gasteiger partial charge on any atom is -0.407 e. The maximum absolute atomic E-state index is 13.5. The lowest BCUT2D eigenvalue weighted by atomic mass is 9.70. The molecule has 0 amide bonds. The molecule has 1 aromatic carbocycles. The molecule has 2 bridgehead atoms. The van der Waals surface area contributed by atoms with Crippen molar-refractivity contribution in [1.29, 1.82) is 0 Å². The number of hydrogen-bond acceptors (Lipinski definition) is 4. The Morgan fingerprint density at radius 3 is 2.53 bits per heavy atom. The molecule has 2 saturated carbocycles. The lowest BCUT2D eigenvalue weighted by molar-refractivity contribution is -0.601. The van der Waals surface area contributed by atoms with Gasteiger partial charge < -0.3 is 14.4 Å². The lowest BCUT2D eigenvalue weighted by Crippen LogP contribution is -2.53. The Bertz CT molecular complexity index is 967. The maximum Gasteiger partial charge on any atom is 0.602 e. The van der Waals surface area contributed by atoms with E-state index in [-0.39, 0.29) is 29.1 Å². The van der Waals surface area contributed by atoms with Crippen LogP contribution in [0.5, 0.6) is 0 Å². The zero-order valence-electron chi connectivity index (χ0n) is 20.3. The highest BCUT2D eigenvalue weighted by atomic mass is 16.6. The van der Waals surface area contributed by atoms with E-state index in [0.29, 0.717) is 12.5 Å². The third-order valence-corrected chi connectivity index (χ3v) is 7.80. The summed E-state index contributed by atoms with van der Waals surface area (Å²) in [5.41, 5.74) is 3.00. The number of fused-ring (bicyclic) bond motifs is 2. The fourth-order valence-corrected chi connectivity index (χ4v) is 5.85. The molecule has 4 rings (SSSR count). The van der Waals surface area contributed by atoms with Gasteiger partial charge in [0.1, 0.15) is 12.2 Å². The molecular weight excluding hydrogens is 400 g/mol. The molecule has 0 spiro atoms. The van der Waals surface area contributed by atoms with Gasteiger partial charge in [-0.1, -0.05) is 55.7 Å². The Balaban J connectivity index is 1.58. The van der Waals surface area contributed by atoms with Gasteiger partial charge in [0.15, 0.2) is 6.20 Å². The van der Waals surface area contributed by atoms with Gasteiger partial charge in [-0.05, 0) is 37.7 Å². The van der Waals surface area contributed by atoms with Gasteiger partial charge in [-0.15, -0.1) is 0 Å². The van der Waals surface area contributed by atoms with Crippen molar-refractivity contribution in [3.05, 3.63) is 59.9 Å². The monoisotopic (exact) mass is 437 g/mol. The van der Waals surface area contributed by atoms with Crippen LogP contribution in [0.4, 0.5) is 10.5 Å². The van der Waals surface area contributed by atoms with Crippen molar-refractivity contribution in [2.75, 3.05) is 19.0 Å². The van der Waals surface area contributed by atoms with Crippen molar-refractivity contribution in [3.8, 4) is 0 Å². The normalized spacial score (nSPS) is 26.7. The molecule has 1 heterocycles. The summed E-state index contributed by atoms with van der Waals surface area (Å²) in [7, 11) is 3.99. The van der Waals surface area contributed by atoms with E-state index in [1.807, 2.05) is 74.6 Å². The Morgan fingerprint density at radius 1 is 1.19 bits per heavy atom. The Kier molecular flexibility index (Phi) is 6.06. The number of hydrogen-bond donors (Lipinski definition) is 0. The van der Waals surface area contributed by atoms with Crippen molar-refractivity contribution in [3.63, 3.8) is 0 Å². The highest BCUT2D eigenvalue weighted by molar-refractivity contribution is 5.59. The molecule has 2 aliphatic rings. The fraction of sp³-hybridized carbons (Fsp3) is 0.556. The smallest absolute Gasteiger partial charge is 0.407 e. The van der Waals surface area contributed by atoms with Gasteiger partial charge in [0, 0.05) is 42.7 Å². The molecular formula is C27H37N2O3+. The van der Waals surface area contributed by atoms with Crippen LogP contribution in [0, 0.1) is 16.7 Å². The highest BCUT2D eigenvalue weighted by Crippen LogP contribution is 2.63. The van der Waals surface area contributed by atoms with E-state index < -0.39 is 0 Å². The Labute approximate surface area is 192 Å². The molecule has 2 fully saturated rings. The number of ether oxygens (including phenoxy) is 2. The van der Waals surface area contributed by atoms with Gasteiger partial charge in [-0.3, -0.25) is 0 Å². The predicted molar refractivity (Wildman–Crippen MR) is 126 cm³/mol. The molecule has 5 heteroatoms. The maximum atomic E-state index is 13.5. The second kappa shape index (κ2) is 8.51. The van der Waals surface area contributed by atoms with E-state index in [0.717, 1.165) is 29.8 Å².